The van der Waals surface area contributed by atoms with E-state index >= 15 is 0 Å². The second-order valence-corrected chi connectivity index (χ2v) is 7.25. The quantitative estimate of drug-likeness (QED) is 0.746. The third kappa shape index (κ3) is 3.86. The Labute approximate surface area is 158 Å². The number of nitrogens with one attached hydrogen (secondary N) is 1. The molecule has 0 radical (unpaired) electrons. The molecule has 2 heterocycles. The van der Waals surface area contributed by atoms with Gasteiger partial charge in [-0.15, -0.1) is 0 Å². The minimum absolute atomic E-state index is 0.123. The third-order valence-electron chi connectivity index (χ3n) is 5.19. The number of amides is 1. The van der Waals surface area contributed by atoms with Crippen LogP contribution < -0.4 is 5.32 Å². The van der Waals surface area contributed by atoms with Gasteiger partial charge in [0.15, 0.2) is 11.5 Å². The second-order valence-electron chi connectivity index (χ2n) is 7.25. The van der Waals surface area contributed by atoms with Crippen LogP contribution in [0.2, 0.25) is 0 Å². The van der Waals surface area contributed by atoms with Gasteiger partial charge in [0, 0.05) is 18.0 Å². The van der Waals surface area contributed by atoms with Crippen molar-refractivity contribution < 1.29 is 9.21 Å². The number of aromatic nitrogens is 4. The number of aryl methyl sites for hydroxylation is 2. The Morgan fingerprint density at radius 2 is 2.04 bits per heavy atom. The Morgan fingerprint density at radius 1 is 1.22 bits per heavy atom. The fourth-order valence-electron chi connectivity index (χ4n) is 3.76. The topological polar surface area (TPSA) is 85.8 Å². The van der Waals surface area contributed by atoms with E-state index in [4.69, 9.17) is 4.42 Å². The van der Waals surface area contributed by atoms with E-state index < -0.39 is 0 Å². The maximum absolute atomic E-state index is 12.5. The van der Waals surface area contributed by atoms with E-state index in [-0.39, 0.29) is 5.91 Å². The molecule has 0 bridgehead atoms. The monoisotopic (exact) mass is 367 g/mol. The lowest BCUT2D eigenvalue weighted by Gasteiger charge is -2.17. The Hall–Kier alpha value is -2.70. The molecule has 7 heteroatoms. The fourth-order valence-corrected chi connectivity index (χ4v) is 3.76. The van der Waals surface area contributed by atoms with Crippen molar-refractivity contribution in [2.45, 2.75) is 58.4 Å². The molecule has 0 spiro atoms. The highest BCUT2D eigenvalue weighted by Gasteiger charge is 2.21. The SMILES string of the molecule is Cc1nc(C)n(CCNC(=O)c2ccc3nc(C4CCCCC4)oc3c2)n1. The summed E-state index contributed by atoms with van der Waals surface area (Å²) in [6.45, 7) is 4.85. The first kappa shape index (κ1) is 17.7. The number of benzene rings is 1. The first-order valence-corrected chi connectivity index (χ1v) is 9.67. The van der Waals surface area contributed by atoms with E-state index in [9.17, 15) is 4.79 Å². The normalized spacial score (nSPS) is 15.3. The molecule has 142 valence electrons. The van der Waals surface area contributed by atoms with Gasteiger partial charge in [-0.1, -0.05) is 19.3 Å². The fraction of sp³-hybridized carbons (Fsp3) is 0.500. The first-order chi connectivity index (χ1) is 13.1. The standard InChI is InChI=1S/C20H25N5O2/c1-13-22-14(2)25(24-13)11-10-21-19(26)16-8-9-17-18(12-16)27-20(23-17)15-6-4-3-5-7-15/h8-9,12,15H,3-7,10-11H2,1-2H3,(H,21,26). The van der Waals surface area contributed by atoms with Crippen LogP contribution >= 0.6 is 0 Å². The molecule has 0 atom stereocenters. The van der Waals surface area contributed by atoms with Crippen LogP contribution in [0, 0.1) is 13.8 Å². The number of oxazole rings is 1. The summed E-state index contributed by atoms with van der Waals surface area (Å²) in [7, 11) is 0. The maximum Gasteiger partial charge on any atom is 0.251 e. The molecule has 7 nitrogen and oxygen atoms in total. The van der Waals surface area contributed by atoms with E-state index in [1.54, 1.807) is 16.8 Å². The van der Waals surface area contributed by atoms with Crippen LogP contribution in [0.25, 0.3) is 11.1 Å². The van der Waals surface area contributed by atoms with Gasteiger partial charge in [-0.05, 0) is 44.9 Å². The van der Waals surface area contributed by atoms with Gasteiger partial charge in [-0.2, -0.15) is 5.10 Å². The second kappa shape index (κ2) is 7.50. The molecule has 0 saturated heterocycles. The average Bonchev–Trinajstić information content (AvgIpc) is 3.24. The van der Waals surface area contributed by atoms with Gasteiger partial charge in [-0.25, -0.2) is 14.6 Å². The third-order valence-corrected chi connectivity index (χ3v) is 5.19. The van der Waals surface area contributed by atoms with Gasteiger partial charge >= 0.3 is 0 Å². The van der Waals surface area contributed by atoms with Crippen LogP contribution in [0.4, 0.5) is 0 Å². The van der Waals surface area contributed by atoms with Gasteiger partial charge in [0.25, 0.3) is 5.91 Å². The lowest BCUT2D eigenvalue weighted by Crippen LogP contribution is -2.27. The van der Waals surface area contributed by atoms with Crippen molar-refractivity contribution in [2.75, 3.05) is 6.54 Å². The largest absolute Gasteiger partial charge is 0.440 e. The van der Waals surface area contributed by atoms with Crippen molar-refractivity contribution in [2.24, 2.45) is 0 Å². The number of carbonyl (C=O) groups excluding carboxylic acids is 1. The van der Waals surface area contributed by atoms with E-state index in [1.807, 2.05) is 19.9 Å². The molecule has 1 aromatic carbocycles. The van der Waals surface area contributed by atoms with Gasteiger partial charge in [0.05, 0.1) is 6.54 Å². The van der Waals surface area contributed by atoms with Crippen LogP contribution in [0.1, 0.15) is 65.9 Å². The van der Waals surface area contributed by atoms with E-state index in [0.717, 1.165) is 35.9 Å². The van der Waals surface area contributed by atoms with Crippen LogP contribution in [0.15, 0.2) is 22.6 Å². The Kier molecular flexibility index (Phi) is 4.92. The molecule has 2 aromatic heterocycles. The van der Waals surface area contributed by atoms with Crippen LogP contribution in [-0.2, 0) is 6.54 Å². The minimum atomic E-state index is -0.123. The number of carbonyl (C=O) groups is 1. The van der Waals surface area contributed by atoms with Crippen molar-refractivity contribution in [3.8, 4) is 0 Å². The molecule has 0 unspecified atom stereocenters. The van der Waals surface area contributed by atoms with Crippen molar-refractivity contribution in [1.82, 2.24) is 25.1 Å². The van der Waals surface area contributed by atoms with E-state index in [0.29, 0.717) is 30.2 Å². The average molecular weight is 367 g/mol. The summed E-state index contributed by atoms with van der Waals surface area (Å²) < 4.78 is 7.77. The summed E-state index contributed by atoms with van der Waals surface area (Å²) in [6, 6.07) is 5.45. The van der Waals surface area contributed by atoms with Crippen molar-refractivity contribution in [1.29, 1.82) is 0 Å². The Bertz CT molecular complexity index is 953. The molecule has 3 aromatic rings. The predicted octanol–water partition coefficient (Wildman–Crippen LogP) is 3.51. The van der Waals surface area contributed by atoms with Gasteiger partial charge in [0.1, 0.15) is 17.2 Å². The Balaban J connectivity index is 1.41. The molecular weight excluding hydrogens is 342 g/mol. The van der Waals surface area contributed by atoms with E-state index in [2.05, 4.69) is 20.4 Å². The number of fused-ring (bicyclic) bond motifs is 1. The summed E-state index contributed by atoms with van der Waals surface area (Å²) in [4.78, 5) is 21.4. The zero-order chi connectivity index (χ0) is 18.8. The lowest BCUT2D eigenvalue weighted by atomic mass is 9.89. The van der Waals surface area contributed by atoms with Crippen molar-refractivity contribution in [3.05, 3.63) is 41.3 Å². The molecule has 27 heavy (non-hydrogen) atoms. The number of rotatable bonds is 5. The van der Waals surface area contributed by atoms with Gasteiger partial charge < -0.3 is 9.73 Å². The van der Waals surface area contributed by atoms with Crippen LogP contribution in [0.5, 0.6) is 0 Å². The summed E-state index contributed by atoms with van der Waals surface area (Å²) in [6.07, 6.45) is 6.06. The molecule has 0 aliphatic heterocycles. The number of hydrogen-bond acceptors (Lipinski definition) is 5. The Morgan fingerprint density at radius 3 is 2.78 bits per heavy atom. The van der Waals surface area contributed by atoms with Gasteiger partial charge in [-0.3, -0.25) is 4.79 Å². The molecular formula is C20H25N5O2. The molecule has 4 rings (SSSR count). The molecule has 1 fully saturated rings. The highest BCUT2D eigenvalue weighted by atomic mass is 16.3. The highest BCUT2D eigenvalue weighted by Crippen LogP contribution is 2.33. The first-order valence-electron chi connectivity index (χ1n) is 9.67. The molecule has 1 aliphatic rings. The van der Waals surface area contributed by atoms with Crippen LogP contribution in [0.3, 0.4) is 0 Å². The number of hydrogen-bond donors (Lipinski definition) is 1. The van der Waals surface area contributed by atoms with Crippen molar-refractivity contribution in [3.63, 3.8) is 0 Å². The molecule has 1 saturated carbocycles. The summed E-state index contributed by atoms with van der Waals surface area (Å²) in [5.41, 5.74) is 2.09. The van der Waals surface area contributed by atoms with E-state index in [1.165, 1.54) is 19.3 Å². The predicted molar refractivity (Wildman–Crippen MR) is 102 cm³/mol. The number of nitrogens with zero attached hydrogens (tertiary/aromatic N) is 4. The van der Waals surface area contributed by atoms with Crippen LogP contribution in [-0.4, -0.2) is 32.2 Å². The molecule has 1 amide bonds. The summed E-state index contributed by atoms with van der Waals surface area (Å²) in [5.74, 6) is 2.70. The zero-order valence-electron chi connectivity index (χ0n) is 15.9. The van der Waals surface area contributed by atoms with Gasteiger partial charge in [0.2, 0.25) is 0 Å². The molecule has 1 N–H and O–H groups in total. The maximum atomic E-state index is 12.5. The smallest absolute Gasteiger partial charge is 0.251 e. The highest BCUT2D eigenvalue weighted by molar-refractivity contribution is 5.97. The minimum Gasteiger partial charge on any atom is -0.440 e. The summed E-state index contributed by atoms with van der Waals surface area (Å²) in [5, 5.41) is 7.23. The molecule has 1 aliphatic carbocycles. The summed E-state index contributed by atoms with van der Waals surface area (Å²) >= 11 is 0. The lowest BCUT2D eigenvalue weighted by molar-refractivity contribution is 0.0952. The van der Waals surface area contributed by atoms with Crippen molar-refractivity contribution >= 4 is 17.0 Å². The zero-order valence-corrected chi connectivity index (χ0v) is 15.9.